The quantitative estimate of drug-likeness (QED) is 0.744. The average Bonchev–Trinajstić information content (AvgIpc) is 2.95. The predicted molar refractivity (Wildman–Crippen MR) is 95.2 cm³/mol. The molecular weight excluding hydrogens is 354 g/mol. The Hall–Kier alpha value is -2.40. The summed E-state index contributed by atoms with van der Waals surface area (Å²) in [5.74, 6) is 0.789. The molecule has 23 heavy (non-hydrogen) atoms. The molecule has 0 atom stereocenters. The zero-order valence-electron chi connectivity index (χ0n) is 12.7. The summed E-state index contributed by atoms with van der Waals surface area (Å²) in [6.45, 7) is 2.24. The molecule has 4 nitrogen and oxygen atoms in total. The van der Waals surface area contributed by atoms with Gasteiger partial charge in [-0.15, -0.1) is 0 Å². The van der Waals surface area contributed by atoms with Crippen LogP contribution in [0, 0.1) is 0 Å². The summed E-state index contributed by atoms with van der Waals surface area (Å²) >= 11 is 3.50. The number of halogens is 1. The largest absolute Gasteiger partial charge is 0.327 e. The molecule has 0 aliphatic rings. The second-order valence-corrected chi connectivity index (χ2v) is 6.19. The number of hydrogen-bond acceptors (Lipinski definition) is 2. The highest BCUT2D eigenvalue weighted by Crippen LogP contribution is 2.22. The molecular formula is C18H16BrN3O. The molecule has 0 aliphatic carbocycles. The molecule has 1 N–H and O–H groups in total. The van der Waals surface area contributed by atoms with Crippen LogP contribution in [-0.4, -0.2) is 15.5 Å². The standard InChI is InChI=1S/C18H16BrN3O/c1-13(23)21-17-7-3-5-15(11-17)18-20-8-9-22(18)12-14-4-2-6-16(19)10-14/h2-11H,12H2,1H3,(H,21,23). The first-order valence-electron chi connectivity index (χ1n) is 7.25. The Morgan fingerprint density at radius 2 is 2.04 bits per heavy atom. The Morgan fingerprint density at radius 1 is 1.22 bits per heavy atom. The fourth-order valence-electron chi connectivity index (χ4n) is 2.47. The fourth-order valence-corrected chi connectivity index (χ4v) is 2.92. The van der Waals surface area contributed by atoms with E-state index >= 15 is 0 Å². The smallest absolute Gasteiger partial charge is 0.221 e. The number of imidazole rings is 1. The molecule has 3 rings (SSSR count). The molecule has 1 aromatic heterocycles. The predicted octanol–water partition coefficient (Wildman–Crippen LogP) is 4.32. The van der Waals surface area contributed by atoms with Gasteiger partial charge in [0, 0.05) is 41.6 Å². The van der Waals surface area contributed by atoms with Crippen LogP contribution in [-0.2, 0) is 11.3 Å². The van der Waals surface area contributed by atoms with E-state index in [-0.39, 0.29) is 5.91 Å². The number of nitrogens with one attached hydrogen (secondary N) is 1. The summed E-state index contributed by atoms with van der Waals surface area (Å²) in [4.78, 5) is 15.7. The number of rotatable bonds is 4. The SMILES string of the molecule is CC(=O)Nc1cccc(-c2nccn2Cc2cccc(Br)c2)c1. The lowest BCUT2D eigenvalue weighted by molar-refractivity contribution is -0.114. The molecule has 3 aromatic rings. The van der Waals surface area contributed by atoms with Gasteiger partial charge in [0.15, 0.2) is 0 Å². The molecule has 0 spiro atoms. The van der Waals surface area contributed by atoms with Crippen molar-refractivity contribution in [3.8, 4) is 11.4 Å². The van der Waals surface area contributed by atoms with Gasteiger partial charge < -0.3 is 9.88 Å². The van der Waals surface area contributed by atoms with Gasteiger partial charge in [-0.25, -0.2) is 4.98 Å². The molecule has 2 aromatic carbocycles. The molecule has 5 heteroatoms. The minimum Gasteiger partial charge on any atom is -0.327 e. The van der Waals surface area contributed by atoms with Gasteiger partial charge in [0.2, 0.25) is 5.91 Å². The third-order valence-electron chi connectivity index (χ3n) is 3.40. The lowest BCUT2D eigenvalue weighted by atomic mass is 10.1. The topological polar surface area (TPSA) is 46.9 Å². The van der Waals surface area contributed by atoms with E-state index in [1.165, 1.54) is 12.5 Å². The number of nitrogens with zero attached hydrogens (tertiary/aromatic N) is 2. The highest BCUT2D eigenvalue weighted by Gasteiger charge is 2.08. The van der Waals surface area contributed by atoms with Crippen molar-refractivity contribution in [1.29, 1.82) is 0 Å². The summed E-state index contributed by atoms with van der Waals surface area (Å²) in [6.07, 6.45) is 3.75. The summed E-state index contributed by atoms with van der Waals surface area (Å²) in [5, 5.41) is 2.80. The van der Waals surface area contributed by atoms with Gasteiger partial charge in [0.05, 0.1) is 0 Å². The first-order chi connectivity index (χ1) is 11.1. The van der Waals surface area contributed by atoms with E-state index < -0.39 is 0 Å². The van der Waals surface area contributed by atoms with Crippen LogP contribution in [0.25, 0.3) is 11.4 Å². The van der Waals surface area contributed by atoms with Crippen LogP contribution in [0.15, 0.2) is 65.4 Å². The molecule has 116 valence electrons. The number of hydrogen-bond donors (Lipinski definition) is 1. The van der Waals surface area contributed by atoms with Crippen molar-refractivity contribution < 1.29 is 4.79 Å². The Kier molecular flexibility index (Phi) is 4.57. The van der Waals surface area contributed by atoms with E-state index in [1.807, 2.05) is 42.6 Å². The molecule has 0 radical (unpaired) electrons. The Bertz CT molecular complexity index is 842. The maximum atomic E-state index is 11.2. The van der Waals surface area contributed by atoms with Crippen molar-refractivity contribution >= 4 is 27.5 Å². The van der Waals surface area contributed by atoms with Crippen LogP contribution in [0.3, 0.4) is 0 Å². The number of benzene rings is 2. The van der Waals surface area contributed by atoms with Gasteiger partial charge in [-0.1, -0.05) is 40.2 Å². The van der Waals surface area contributed by atoms with E-state index in [9.17, 15) is 4.79 Å². The molecule has 1 amide bonds. The summed E-state index contributed by atoms with van der Waals surface area (Å²) in [7, 11) is 0. The minimum absolute atomic E-state index is 0.0837. The number of carbonyl (C=O) groups is 1. The second-order valence-electron chi connectivity index (χ2n) is 5.27. The van der Waals surface area contributed by atoms with E-state index in [0.29, 0.717) is 0 Å². The Labute approximate surface area is 143 Å². The average molecular weight is 370 g/mol. The van der Waals surface area contributed by atoms with E-state index in [1.54, 1.807) is 6.20 Å². The third kappa shape index (κ3) is 3.87. The van der Waals surface area contributed by atoms with Gasteiger partial charge >= 0.3 is 0 Å². The highest BCUT2D eigenvalue weighted by atomic mass is 79.9. The lowest BCUT2D eigenvalue weighted by Crippen LogP contribution is -2.06. The zero-order chi connectivity index (χ0) is 16.2. The molecule has 1 heterocycles. The van der Waals surface area contributed by atoms with Crippen LogP contribution in [0.5, 0.6) is 0 Å². The second kappa shape index (κ2) is 6.79. The Morgan fingerprint density at radius 3 is 2.83 bits per heavy atom. The highest BCUT2D eigenvalue weighted by molar-refractivity contribution is 9.10. The van der Waals surface area contributed by atoms with Crippen LogP contribution in [0.4, 0.5) is 5.69 Å². The number of carbonyl (C=O) groups excluding carboxylic acids is 1. The van der Waals surface area contributed by atoms with Crippen molar-refractivity contribution in [2.24, 2.45) is 0 Å². The van der Waals surface area contributed by atoms with Crippen molar-refractivity contribution in [3.05, 3.63) is 71.0 Å². The number of amides is 1. The van der Waals surface area contributed by atoms with Crippen LogP contribution < -0.4 is 5.32 Å². The van der Waals surface area contributed by atoms with Crippen molar-refractivity contribution in [1.82, 2.24) is 9.55 Å². The molecule has 0 saturated heterocycles. The van der Waals surface area contributed by atoms with E-state index in [4.69, 9.17) is 0 Å². The van der Waals surface area contributed by atoms with E-state index in [0.717, 1.165) is 28.1 Å². The normalized spacial score (nSPS) is 10.5. The van der Waals surface area contributed by atoms with Gasteiger partial charge in [-0.2, -0.15) is 0 Å². The van der Waals surface area contributed by atoms with Crippen LogP contribution in [0.2, 0.25) is 0 Å². The first-order valence-corrected chi connectivity index (χ1v) is 8.05. The monoisotopic (exact) mass is 369 g/mol. The maximum absolute atomic E-state index is 11.2. The van der Waals surface area contributed by atoms with Gasteiger partial charge in [-0.05, 0) is 29.8 Å². The fraction of sp³-hybridized carbons (Fsp3) is 0.111. The van der Waals surface area contributed by atoms with Crippen LogP contribution in [0.1, 0.15) is 12.5 Å². The van der Waals surface area contributed by atoms with Crippen molar-refractivity contribution in [2.45, 2.75) is 13.5 Å². The van der Waals surface area contributed by atoms with Gasteiger partial charge in [-0.3, -0.25) is 4.79 Å². The number of aromatic nitrogens is 2. The summed E-state index contributed by atoms with van der Waals surface area (Å²) < 4.78 is 3.15. The minimum atomic E-state index is -0.0837. The summed E-state index contributed by atoms with van der Waals surface area (Å²) in [5.41, 5.74) is 2.93. The zero-order valence-corrected chi connectivity index (χ0v) is 14.2. The van der Waals surface area contributed by atoms with Gasteiger partial charge in [0.1, 0.15) is 5.82 Å². The maximum Gasteiger partial charge on any atom is 0.221 e. The molecule has 0 bridgehead atoms. The van der Waals surface area contributed by atoms with E-state index in [2.05, 4.69) is 42.9 Å². The molecule has 0 fully saturated rings. The lowest BCUT2D eigenvalue weighted by Gasteiger charge is -2.10. The van der Waals surface area contributed by atoms with Crippen LogP contribution >= 0.6 is 15.9 Å². The Balaban J connectivity index is 1.90. The first kappa shape index (κ1) is 15.5. The van der Waals surface area contributed by atoms with Gasteiger partial charge in [0.25, 0.3) is 0 Å². The molecule has 0 saturated carbocycles. The molecule has 0 unspecified atom stereocenters. The van der Waals surface area contributed by atoms with Crippen molar-refractivity contribution in [2.75, 3.05) is 5.32 Å². The third-order valence-corrected chi connectivity index (χ3v) is 3.89. The van der Waals surface area contributed by atoms with Crippen molar-refractivity contribution in [3.63, 3.8) is 0 Å². The summed E-state index contributed by atoms with van der Waals surface area (Å²) in [6, 6.07) is 15.9. The molecule has 0 aliphatic heterocycles. The number of anilines is 1.